The minimum atomic E-state index is -0.0221. The van der Waals surface area contributed by atoms with Crippen molar-refractivity contribution in [1.29, 1.82) is 0 Å². The molecule has 0 radical (unpaired) electrons. The third kappa shape index (κ3) is 2.17. The average molecular weight is 242 g/mol. The van der Waals surface area contributed by atoms with Crippen LogP contribution >= 0.6 is 0 Å². The van der Waals surface area contributed by atoms with Gasteiger partial charge in [0.05, 0.1) is 11.3 Å². The number of H-pyrrole nitrogens is 1. The smallest absolute Gasteiger partial charge is 0.255 e. The van der Waals surface area contributed by atoms with Crippen LogP contribution in [0.2, 0.25) is 0 Å². The molecule has 0 fully saturated rings. The lowest BCUT2D eigenvalue weighted by Crippen LogP contribution is -2.32. The number of nitrogens with zero attached hydrogens (tertiary/aromatic N) is 2. The standard InChI is InChI=1S/C13H14N4O/c18-13-10-8-15-5-3-11(10)16-12(17-13)6-9-2-1-4-14-7-9/h1-2,4,7,15H,3,5-6,8H2,(H,16,17,18). The van der Waals surface area contributed by atoms with Crippen LogP contribution in [0.5, 0.6) is 0 Å². The summed E-state index contributed by atoms with van der Waals surface area (Å²) in [6.45, 7) is 1.50. The molecule has 1 aliphatic heterocycles. The third-order valence-corrected chi connectivity index (χ3v) is 3.08. The molecule has 0 spiro atoms. The van der Waals surface area contributed by atoms with Gasteiger partial charge in [-0.3, -0.25) is 9.78 Å². The van der Waals surface area contributed by atoms with E-state index in [1.54, 1.807) is 12.4 Å². The summed E-state index contributed by atoms with van der Waals surface area (Å²) in [5.41, 5.74) is 2.73. The normalized spacial score (nSPS) is 14.2. The molecule has 0 amide bonds. The van der Waals surface area contributed by atoms with E-state index in [1.165, 1.54) is 0 Å². The second kappa shape index (κ2) is 4.70. The van der Waals surface area contributed by atoms with E-state index in [1.807, 2.05) is 12.1 Å². The number of rotatable bonds is 2. The van der Waals surface area contributed by atoms with Gasteiger partial charge in [-0.2, -0.15) is 0 Å². The molecule has 0 atom stereocenters. The van der Waals surface area contributed by atoms with Crippen LogP contribution in [0.4, 0.5) is 0 Å². The maximum absolute atomic E-state index is 11.9. The molecule has 0 saturated heterocycles. The molecule has 18 heavy (non-hydrogen) atoms. The number of aromatic amines is 1. The molecule has 0 unspecified atom stereocenters. The zero-order valence-electron chi connectivity index (χ0n) is 9.94. The van der Waals surface area contributed by atoms with Crippen LogP contribution in [0.3, 0.4) is 0 Å². The minimum absolute atomic E-state index is 0.0221. The molecule has 5 heteroatoms. The lowest BCUT2D eigenvalue weighted by molar-refractivity contribution is 0.615. The Bertz CT molecular complexity index is 606. The molecule has 1 aliphatic rings. The average Bonchev–Trinajstić information content (AvgIpc) is 2.40. The summed E-state index contributed by atoms with van der Waals surface area (Å²) >= 11 is 0. The van der Waals surface area contributed by atoms with E-state index in [9.17, 15) is 4.79 Å². The van der Waals surface area contributed by atoms with E-state index in [4.69, 9.17) is 0 Å². The van der Waals surface area contributed by atoms with Crippen LogP contribution in [0, 0.1) is 0 Å². The van der Waals surface area contributed by atoms with Crippen LogP contribution < -0.4 is 10.9 Å². The van der Waals surface area contributed by atoms with Gasteiger partial charge in [0, 0.05) is 38.3 Å². The van der Waals surface area contributed by atoms with E-state index in [0.717, 1.165) is 29.8 Å². The van der Waals surface area contributed by atoms with Gasteiger partial charge in [-0.15, -0.1) is 0 Å². The Morgan fingerprint density at radius 3 is 3.17 bits per heavy atom. The van der Waals surface area contributed by atoms with Crippen molar-refractivity contribution >= 4 is 0 Å². The quantitative estimate of drug-likeness (QED) is 0.799. The fraction of sp³-hybridized carbons (Fsp3) is 0.308. The van der Waals surface area contributed by atoms with E-state index < -0.39 is 0 Å². The molecule has 5 nitrogen and oxygen atoms in total. The van der Waals surface area contributed by atoms with Crippen LogP contribution in [0.25, 0.3) is 0 Å². The first-order valence-electron chi connectivity index (χ1n) is 6.03. The topological polar surface area (TPSA) is 70.7 Å². The van der Waals surface area contributed by atoms with Crippen molar-refractivity contribution in [3.8, 4) is 0 Å². The van der Waals surface area contributed by atoms with Crippen molar-refractivity contribution in [2.45, 2.75) is 19.4 Å². The largest absolute Gasteiger partial charge is 0.312 e. The summed E-state index contributed by atoms with van der Waals surface area (Å²) in [5.74, 6) is 0.716. The Morgan fingerprint density at radius 1 is 1.39 bits per heavy atom. The number of hydrogen-bond donors (Lipinski definition) is 2. The zero-order valence-corrected chi connectivity index (χ0v) is 9.94. The Morgan fingerprint density at radius 2 is 2.33 bits per heavy atom. The molecule has 0 saturated carbocycles. The van der Waals surface area contributed by atoms with E-state index in [0.29, 0.717) is 18.8 Å². The van der Waals surface area contributed by atoms with Gasteiger partial charge in [0.25, 0.3) is 5.56 Å². The second-order valence-electron chi connectivity index (χ2n) is 4.40. The number of hydrogen-bond acceptors (Lipinski definition) is 4. The van der Waals surface area contributed by atoms with Gasteiger partial charge in [-0.25, -0.2) is 4.98 Å². The lowest BCUT2D eigenvalue weighted by Gasteiger charge is -2.15. The van der Waals surface area contributed by atoms with Crippen molar-refractivity contribution in [1.82, 2.24) is 20.3 Å². The number of nitrogens with one attached hydrogen (secondary N) is 2. The third-order valence-electron chi connectivity index (χ3n) is 3.08. The highest BCUT2D eigenvalue weighted by Gasteiger charge is 2.14. The van der Waals surface area contributed by atoms with Crippen molar-refractivity contribution in [3.05, 3.63) is 57.5 Å². The molecule has 92 valence electrons. The summed E-state index contributed by atoms with van der Waals surface area (Å²) in [5, 5.41) is 3.18. The maximum Gasteiger partial charge on any atom is 0.255 e. The van der Waals surface area contributed by atoms with Crippen molar-refractivity contribution < 1.29 is 0 Å². The Balaban J connectivity index is 1.94. The van der Waals surface area contributed by atoms with Gasteiger partial charge in [-0.05, 0) is 11.6 Å². The molecule has 3 heterocycles. The van der Waals surface area contributed by atoms with E-state index in [-0.39, 0.29) is 5.56 Å². The lowest BCUT2D eigenvalue weighted by atomic mass is 10.1. The van der Waals surface area contributed by atoms with Gasteiger partial charge < -0.3 is 10.3 Å². The maximum atomic E-state index is 11.9. The van der Waals surface area contributed by atoms with E-state index in [2.05, 4.69) is 20.3 Å². The van der Waals surface area contributed by atoms with Crippen LogP contribution in [-0.4, -0.2) is 21.5 Å². The first kappa shape index (κ1) is 11.1. The Labute approximate surface area is 104 Å². The Kier molecular flexibility index (Phi) is 2.90. The van der Waals surface area contributed by atoms with Crippen LogP contribution in [0.15, 0.2) is 29.3 Å². The first-order valence-corrected chi connectivity index (χ1v) is 6.03. The summed E-state index contributed by atoms with van der Waals surface area (Å²) in [6, 6.07) is 3.86. The zero-order chi connectivity index (χ0) is 12.4. The highest BCUT2D eigenvalue weighted by Crippen LogP contribution is 2.08. The molecule has 2 aromatic rings. The molecule has 3 rings (SSSR count). The fourth-order valence-corrected chi connectivity index (χ4v) is 2.18. The van der Waals surface area contributed by atoms with E-state index >= 15 is 0 Å². The highest BCUT2D eigenvalue weighted by atomic mass is 16.1. The summed E-state index contributed by atoms with van der Waals surface area (Å²) < 4.78 is 0. The Hall–Kier alpha value is -2.01. The van der Waals surface area contributed by atoms with Crippen LogP contribution in [-0.2, 0) is 19.4 Å². The number of pyridine rings is 1. The second-order valence-corrected chi connectivity index (χ2v) is 4.40. The molecule has 0 aliphatic carbocycles. The molecule has 2 aromatic heterocycles. The summed E-state index contributed by atoms with van der Waals surface area (Å²) in [7, 11) is 0. The van der Waals surface area contributed by atoms with Gasteiger partial charge >= 0.3 is 0 Å². The molecular weight excluding hydrogens is 228 g/mol. The first-order chi connectivity index (χ1) is 8.83. The minimum Gasteiger partial charge on any atom is -0.312 e. The molecule has 0 bridgehead atoms. The predicted molar refractivity (Wildman–Crippen MR) is 67.3 cm³/mol. The predicted octanol–water partition coefficient (Wildman–Crippen LogP) is 0.401. The molecule has 0 aromatic carbocycles. The summed E-state index contributed by atoms with van der Waals surface area (Å²) in [6.07, 6.45) is 4.96. The van der Waals surface area contributed by atoms with Crippen LogP contribution in [0.1, 0.15) is 22.6 Å². The molecular formula is C13H14N4O. The molecule has 2 N–H and O–H groups in total. The number of fused-ring (bicyclic) bond motifs is 1. The van der Waals surface area contributed by atoms with Gasteiger partial charge in [-0.1, -0.05) is 6.07 Å². The van der Waals surface area contributed by atoms with Crippen molar-refractivity contribution in [2.75, 3.05) is 6.54 Å². The highest BCUT2D eigenvalue weighted by molar-refractivity contribution is 5.22. The SMILES string of the molecule is O=c1[nH]c(Cc2cccnc2)nc2c1CNCC2. The van der Waals surface area contributed by atoms with Gasteiger partial charge in [0.15, 0.2) is 0 Å². The van der Waals surface area contributed by atoms with Crippen molar-refractivity contribution in [3.63, 3.8) is 0 Å². The van der Waals surface area contributed by atoms with Crippen molar-refractivity contribution in [2.24, 2.45) is 0 Å². The monoisotopic (exact) mass is 242 g/mol. The van der Waals surface area contributed by atoms with Gasteiger partial charge in [0.2, 0.25) is 0 Å². The summed E-state index contributed by atoms with van der Waals surface area (Å²) in [4.78, 5) is 23.4. The number of aromatic nitrogens is 3. The fourth-order valence-electron chi connectivity index (χ4n) is 2.18. The van der Waals surface area contributed by atoms with Gasteiger partial charge in [0.1, 0.15) is 5.82 Å².